The van der Waals surface area contributed by atoms with Crippen LogP contribution in [0.1, 0.15) is 36.0 Å². The Morgan fingerprint density at radius 3 is 2.10 bits per heavy atom. The number of hydrogen-bond acceptors (Lipinski definition) is 6. The Hall–Kier alpha value is -5.48. The third-order valence-electron chi connectivity index (χ3n) is 8.56. The molecule has 1 aliphatic heterocycles. The number of fused-ring (bicyclic) bond motifs is 1. The minimum atomic E-state index is -0.636. The summed E-state index contributed by atoms with van der Waals surface area (Å²) in [6.45, 7) is 2.73. The standard InChI is InChI=1S/C39H36N4O5/c1-26-36(23-43-25-40-34-9-5-6-10-35(34)43)47-38(48-37(26)28-13-11-27(24-44)12-14-28)29-15-17-30(18-16-29)41-39(45)42-31-19-21-33(22-20-31)46-32-7-3-2-4-8-32/h2-22,25-26,36-38,44H,23-24H2,1H3,(H2,41,42,45)/t26-,36+,37+,38+/m0/s1. The van der Waals surface area contributed by atoms with Crippen molar-refractivity contribution in [3.8, 4) is 11.5 Å². The maximum Gasteiger partial charge on any atom is 0.323 e. The average molecular weight is 641 g/mol. The number of amides is 2. The molecule has 1 aliphatic rings. The van der Waals surface area contributed by atoms with Crippen LogP contribution in [0.5, 0.6) is 11.5 Å². The zero-order chi connectivity index (χ0) is 32.9. The summed E-state index contributed by atoms with van der Waals surface area (Å²) in [5, 5.41) is 15.3. The van der Waals surface area contributed by atoms with Crippen LogP contribution in [0.4, 0.5) is 16.2 Å². The molecule has 7 rings (SSSR count). The van der Waals surface area contributed by atoms with Gasteiger partial charge in [0.25, 0.3) is 0 Å². The molecule has 0 bridgehead atoms. The van der Waals surface area contributed by atoms with E-state index in [9.17, 15) is 9.90 Å². The number of carbonyl (C=O) groups is 1. The number of para-hydroxylation sites is 3. The number of hydrogen-bond donors (Lipinski definition) is 3. The molecule has 3 N–H and O–H groups in total. The molecule has 1 saturated heterocycles. The summed E-state index contributed by atoms with van der Waals surface area (Å²) in [7, 11) is 0. The quantitative estimate of drug-likeness (QED) is 0.146. The Morgan fingerprint density at radius 2 is 1.40 bits per heavy atom. The number of nitrogens with zero attached hydrogens (tertiary/aromatic N) is 2. The molecule has 5 aromatic carbocycles. The largest absolute Gasteiger partial charge is 0.457 e. The molecular weight excluding hydrogens is 604 g/mol. The maximum absolute atomic E-state index is 12.8. The molecule has 1 fully saturated rings. The summed E-state index contributed by atoms with van der Waals surface area (Å²) in [4.78, 5) is 17.4. The minimum Gasteiger partial charge on any atom is -0.457 e. The highest BCUT2D eigenvalue weighted by atomic mass is 16.7. The molecule has 48 heavy (non-hydrogen) atoms. The number of urea groups is 1. The number of carbonyl (C=O) groups excluding carboxylic acids is 1. The zero-order valence-electron chi connectivity index (χ0n) is 26.4. The first-order valence-electron chi connectivity index (χ1n) is 15.9. The fraction of sp³-hybridized carbons (Fsp3) is 0.179. The van der Waals surface area contributed by atoms with Gasteiger partial charge in [0.2, 0.25) is 0 Å². The summed E-state index contributed by atoms with van der Waals surface area (Å²) in [6, 6.07) is 39.7. The second kappa shape index (κ2) is 14.1. The van der Waals surface area contributed by atoms with Gasteiger partial charge in [-0.1, -0.05) is 73.7 Å². The first kappa shape index (κ1) is 31.1. The van der Waals surface area contributed by atoms with Crippen LogP contribution in [-0.2, 0) is 22.6 Å². The van der Waals surface area contributed by atoms with E-state index in [1.165, 1.54) is 0 Å². The number of aromatic nitrogens is 2. The molecule has 2 heterocycles. The highest BCUT2D eigenvalue weighted by molar-refractivity contribution is 5.99. The van der Waals surface area contributed by atoms with Crippen LogP contribution >= 0.6 is 0 Å². The number of anilines is 2. The van der Waals surface area contributed by atoms with Crippen LogP contribution in [0.2, 0.25) is 0 Å². The lowest BCUT2D eigenvalue weighted by Crippen LogP contribution is -2.39. The molecule has 1 aromatic heterocycles. The second-order valence-electron chi connectivity index (χ2n) is 11.8. The van der Waals surface area contributed by atoms with Crippen LogP contribution in [0, 0.1) is 5.92 Å². The maximum atomic E-state index is 12.8. The molecule has 6 aromatic rings. The van der Waals surface area contributed by atoms with Crippen molar-refractivity contribution in [3.05, 3.63) is 150 Å². The van der Waals surface area contributed by atoms with Gasteiger partial charge in [0.05, 0.1) is 42.7 Å². The van der Waals surface area contributed by atoms with Crippen LogP contribution in [0.25, 0.3) is 11.0 Å². The summed E-state index contributed by atoms with van der Waals surface area (Å²) >= 11 is 0. The molecule has 0 spiro atoms. The topological polar surface area (TPSA) is 107 Å². The van der Waals surface area contributed by atoms with Crippen molar-refractivity contribution in [2.45, 2.75) is 38.6 Å². The molecule has 4 atom stereocenters. The highest BCUT2D eigenvalue weighted by Gasteiger charge is 2.38. The van der Waals surface area contributed by atoms with Gasteiger partial charge in [-0.2, -0.15) is 0 Å². The number of imidazole rings is 1. The smallest absolute Gasteiger partial charge is 0.323 e. The van der Waals surface area contributed by atoms with E-state index in [0.29, 0.717) is 23.7 Å². The van der Waals surface area contributed by atoms with E-state index in [0.717, 1.165) is 33.5 Å². The molecular formula is C39H36N4O5. The minimum absolute atomic E-state index is 0.0160. The van der Waals surface area contributed by atoms with Gasteiger partial charge in [0.1, 0.15) is 11.5 Å². The van der Waals surface area contributed by atoms with Crippen molar-refractivity contribution in [2.24, 2.45) is 5.92 Å². The number of aliphatic hydroxyl groups is 1. The Balaban J connectivity index is 1.04. The summed E-state index contributed by atoms with van der Waals surface area (Å²) in [5.74, 6) is 1.44. The van der Waals surface area contributed by atoms with E-state index in [1.54, 1.807) is 24.3 Å². The molecule has 0 unspecified atom stereocenters. The molecule has 0 saturated carbocycles. The summed E-state index contributed by atoms with van der Waals surface area (Å²) in [5.41, 5.74) is 5.94. The van der Waals surface area contributed by atoms with Gasteiger partial charge in [-0.15, -0.1) is 0 Å². The third-order valence-corrected chi connectivity index (χ3v) is 8.56. The number of ether oxygens (including phenoxy) is 3. The van der Waals surface area contributed by atoms with Crippen LogP contribution in [0.15, 0.2) is 134 Å². The lowest BCUT2D eigenvalue weighted by molar-refractivity contribution is -0.276. The predicted octanol–water partition coefficient (Wildman–Crippen LogP) is 8.46. The lowest BCUT2D eigenvalue weighted by Gasteiger charge is -2.41. The predicted molar refractivity (Wildman–Crippen MR) is 185 cm³/mol. The van der Waals surface area contributed by atoms with E-state index in [4.69, 9.17) is 14.2 Å². The monoisotopic (exact) mass is 640 g/mol. The van der Waals surface area contributed by atoms with Gasteiger partial charge >= 0.3 is 6.03 Å². The van der Waals surface area contributed by atoms with Crippen LogP contribution in [0.3, 0.4) is 0 Å². The van der Waals surface area contributed by atoms with Crippen molar-refractivity contribution in [3.63, 3.8) is 0 Å². The lowest BCUT2D eigenvalue weighted by atomic mass is 9.90. The van der Waals surface area contributed by atoms with Crippen molar-refractivity contribution >= 4 is 28.4 Å². The number of benzene rings is 5. The number of nitrogens with one attached hydrogen (secondary N) is 2. The SMILES string of the molecule is C[C@H]1[C@@H](Cn2cnc3ccccc32)O[C@@H](c2ccc(NC(=O)Nc3ccc(Oc4ccccc4)cc3)cc2)O[C@H]1c1ccc(CO)cc1. The molecule has 9 nitrogen and oxygen atoms in total. The van der Waals surface area contributed by atoms with E-state index < -0.39 is 6.29 Å². The van der Waals surface area contributed by atoms with E-state index in [-0.39, 0.29) is 30.8 Å². The second-order valence-corrected chi connectivity index (χ2v) is 11.8. The Bertz CT molecular complexity index is 1960. The van der Waals surface area contributed by atoms with E-state index >= 15 is 0 Å². The van der Waals surface area contributed by atoms with Crippen molar-refractivity contribution in [1.29, 1.82) is 0 Å². The van der Waals surface area contributed by atoms with E-state index in [2.05, 4.69) is 33.2 Å². The number of rotatable bonds is 9. The van der Waals surface area contributed by atoms with Gasteiger partial charge < -0.3 is 34.5 Å². The number of aliphatic hydroxyl groups excluding tert-OH is 1. The average Bonchev–Trinajstić information content (AvgIpc) is 3.53. The van der Waals surface area contributed by atoms with E-state index in [1.807, 2.05) is 103 Å². The van der Waals surface area contributed by atoms with Gasteiger partial charge in [-0.3, -0.25) is 0 Å². The third kappa shape index (κ3) is 7.08. The normalized spacial score (nSPS) is 19.1. The van der Waals surface area contributed by atoms with Gasteiger partial charge in [0.15, 0.2) is 6.29 Å². The molecule has 242 valence electrons. The first-order chi connectivity index (χ1) is 23.5. The Labute approximate surface area is 278 Å². The molecule has 9 heteroatoms. The fourth-order valence-corrected chi connectivity index (χ4v) is 5.93. The van der Waals surface area contributed by atoms with Crippen LogP contribution < -0.4 is 15.4 Å². The highest BCUT2D eigenvalue weighted by Crippen LogP contribution is 2.42. The van der Waals surface area contributed by atoms with Gasteiger partial charge in [0, 0.05) is 22.9 Å². The molecule has 0 radical (unpaired) electrons. The van der Waals surface area contributed by atoms with Crippen LogP contribution in [-0.4, -0.2) is 26.8 Å². The Kier molecular flexibility index (Phi) is 9.15. The fourth-order valence-electron chi connectivity index (χ4n) is 5.93. The first-order valence-corrected chi connectivity index (χ1v) is 15.9. The van der Waals surface area contributed by atoms with Crippen molar-refractivity contribution < 1.29 is 24.1 Å². The van der Waals surface area contributed by atoms with Crippen molar-refractivity contribution in [2.75, 3.05) is 10.6 Å². The summed E-state index contributed by atoms with van der Waals surface area (Å²) in [6.07, 6.45) is 0.790. The Morgan fingerprint density at radius 1 is 0.771 bits per heavy atom. The molecule has 2 amide bonds. The zero-order valence-corrected chi connectivity index (χ0v) is 26.4. The summed E-state index contributed by atoms with van der Waals surface area (Å²) < 4.78 is 21.2. The van der Waals surface area contributed by atoms with Crippen molar-refractivity contribution in [1.82, 2.24) is 9.55 Å². The molecule has 0 aliphatic carbocycles. The van der Waals surface area contributed by atoms with Gasteiger partial charge in [-0.25, -0.2) is 9.78 Å². The van der Waals surface area contributed by atoms with Gasteiger partial charge in [-0.05, 0) is 71.8 Å².